The van der Waals surface area contributed by atoms with Gasteiger partial charge in [0.25, 0.3) is 0 Å². The molecule has 0 saturated carbocycles. The van der Waals surface area contributed by atoms with E-state index in [-0.39, 0.29) is 6.10 Å². The van der Waals surface area contributed by atoms with Crippen molar-refractivity contribution in [3.63, 3.8) is 0 Å². The Labute approximate surface area is 137 Å². The summed E-state index contributed by atoms with van der Waals surface area (Å²) in [6.45, 7) is 4.30. The third kappa shape index (κ3) is 4.24. The van der Waals surface area contributed by atoms with E-state index in [0.717, 1.165) is 44.3 Å². The van der Waals surface area contributed by atoms with Gasteiger partial charge in [0.15, 0.2) is 11.5 Å². The largest absolute Gasteiger partial charge is 0.493 e. The fourth-order valence-corrected chi connectivity index (χ4v) is 2.77. The van der Waals surface area contributed by atoms with E-state index >= 15 is 0 Å². The molecule has 1 heterocycles. The molecule has 0 aliphatic carbocycles. The summed E-state index contributed by atoms with van der Waals surface area (Å²) in [6.07, 6.45) is -0.0365. The van der Waals surface area contributed by atoms with Crippen LogP contribution in [0, 0.1) is 0 Å². The Hall–Kier alpha value is -2.04. The van der Waals surface area contributed by atoms with Crippen molar-refractivity contribution in [1.29, 1.82) is 0 Å². The summed E-state index contributed by atoms with van der Waals surface area (Å²) in [5.74, 6) is 1.53. The number of hydrogen-bond donors (Lipinski definition) is 0. The topological polar surface area (TPSA) is 30.9 Å². The van der Waals surface area contributed by atoms with Crippen LogP contribution in [0.4, 0.5) is 0 Å². The maximum Gasteiger partial charge on any atom is 0.162 e. The lowest BCUT2D eigenvalue weighted by Crippen LogP contribution is -2.39. The first-order valence-corrected chi connectivity index (χ1v) is 8.01. The first-order chi connectivity index (χ1) is 11.4. The number of hydrogen-bond acceptors (Lipinski definition) is 4. The number of para-hydroxylation sites is 2. The van der Waals surface area contributed by atoms with E-state index in [1.165, 1.54) is 5.56 Å². The van der Waals surface area contributed by atoms with Crippen LogP contribution in [0.1, 0.15) is 11.7 Å². The molecule has 0 radical (unpaired) electrons. The highest BCUT2D eigenvalue weighted by molar-refractivity contribution is 5.40. The normalized spacial score (nSPS) is 16.7. The first-order valence-electron chi connectivity index (χ1n) is 8.01. The van der Waals surface area contributed by atoms with E-state index in [2.05, 4.69) is 17.0 Å². The molecule has 1 aliphatic rings. The second-order valence-corrected chi connectivity index (χ2v) is 5.58. The van der Waals surface area contributed by atoms with Crippen LogP contribution in [-0.4, -0.2) is 44.9 Å². The van der Waals surface area contributed by atoms with Crippen molar-refractivity contribution in [3.8, 4) is 11.5 Å². The Morgan fingerprint density at radius 1 is 0.957 bits per heavy atom. The number of methoxy groups -OCH3 is 1. The monoisotopic (exact) mass is 313 g/mol. The average molecular weight is 313 g/mol. The van der Waals surface area contributed by atoms with Gasteiger partial charge in [-0.15, -0.1) is 0 Å². The van der Waals surface area contributed by atoms with Crippen LogP contribution in [0.2, 0.25) is 0 Å². The average Bonchev–Trinajstić information content (AvgIpc) is 2.63. The third-order valence-electron chi connectivity index (χ3n) is 4.04. The lowest BCUT2D eigenvalue weighted by molar-refractivity contribution is 0.0185. The van der Waals surface area contributed by atoms with Crippen molar-refractivity contribution in [2.45, 2.75) is 6.10 Å². The molecule has 1 atom stereocenters. The zero-order chi connectivity index (χ0) is 15.9. The molecule has 4 heteroatoms. The third-order valence-corrected chi connectivity index (χ3v) is 4.04. The molecule has 1 aliphatic heterocycles. The van der Waals surface area contributed by atoms with Crippen molar-refractivity contribution < 1.29 is 14.2 Å². The summed E-state index contributed by atoms with van der Waals surface area (Å²) in [5.41, 5.74) is 1.17. The summed E-state index contributed by atoms with van der Waals surface area (Å²) in [7, 11) is 1.67. The van der Waals surface area contributed by atoms with Crippen LogP contribution in [0.3, 0.4) is 0 Å². The van der Waals surface area contributed by atoms with E-state index in [1.54, 1.807) is 7.11 Å². The van der Waals surface area contributed by atoms with Crippen molar-refractivity contribution in [3.05, 3.63) is 60.2 Å². The van der Waals surface area contributed by atoms with Crippen LogP contribution >= 0.6 is 0 Å². The molecule has 3 rings (SSSR count). The maximum atomic E-state index is 6.32. The van der Waals surface area contributed by atoms with Gasteiger partial charge in [0, 0.05) is 19.6 Å². The Kier molecular flexibility index (Phi) is 5.51. The van der Waals surface area contributed by atoms with E-state index in [0.29, 0.717) is 0 Å². The molecule has 1 fully saturated rings. The van der Waals surface area contributed by atoms with Crippen LogP contribution in [-0.2, 0) is 4.74 Å². The molecule has 1 saturated heterocycles. The molecule has 0 bridgehead atoms. The SMILES string of the molecule is COc1ccccc1OC(CN1CCOCC1)c1ccccc1. The number of nitrogens with zero attached hydrogens (tertiary/aromatic N) is 1. The molecular weight excluding hydrogens is 290 g/mol. The molecule has 2 aromatic rings. The number of ether oxygens (including phenoxy) is 3. The standard InChI is InChI=1S/C19H23NO3/c1-21-17-9-5-6-10-18(17)23-19(16-7-3-2-4-8-16)15-20-11-13-22-14-12-20/h2-10,19H,11-15H2,1H3. The van der Waals surface area contributed by atoms with Gasteiger partial charge >= 0.3 is 0 Å². The summed E-state index contributed by atoms with van der Waals surface area (Å²) in [6, 6.07) is 18.1. The first kappa shape index (κ1) is 15.8. The molecule has 1 unspecified atom stereocenters. The van der Waals surface area contributed by atoms with Gasteiger partial charge in [-0.2, -0.15) is 0 Å². The molecule has 122 valence electrons. The predicted molar refractivity (Wildman–Crippen MR) is 90.1 cm³/mol. The predicted octanol–water partition coefficient (Wildman–Crippen LogP) is 3.15. The number of morpholine rings is 1. The van der Waals surface area contributed by atoms with Gasteiger partial charge < -0.3 is 14.2 Å². The van der Waals surface area contributed by atoms with E-state index in [1.807, 2.05) is 42.5 Å². The minimum atomic E-state index is -0.0365. The van der Waals surface area contributed by atoms with Crippen molar-refractivity contribution in [1.82, 2.24) is 4.90 Å². The van der Waals surface area contributed by atoms with E-state index in [9.17, 15) is 0 Å². The molecule has 0 N–H and O–H groups in total. The molecule has 4 nitrogen and oxygen atoms in total. The van der Waals surface area contributed by atoms with Gasteiger partial charge in [-0.3, -0.25) is 4.90 Å². The summed E-state index contributed by atoms with van der Waals surface area (Å²) in [5, 5.41) is 0. The van der Waals surface area contributed by atoms with Crippen molar-refractivity contribution >= 4 is 0 Å². The number of benzene rings is 2. The lowest BCUT2D eigenvalue weighted by atomic mass is 10.1. The van der Waals surface area contributed by atoms with Crippen molar-refractivity contribution in [2.75, 3.05) is 40.0 Å². The van der Waals surface area contributed by atoms with Crippen LogP contribution in [0.5, 0.6) is 11.5 Å². The highest BCUT2D eigenvalue weighted by atomic mass is 16.5. The van der Waals surface area contributed by atoms with Crippen LogP contribution < -0.4 is 9.47 Å². The van der Waals surface area contributed by atoms with Crippen LogP contribution in [0.15, 0.2) is 54.6 Å². The van der Waals surface area contributed by atoms with Gasteiger partial charge in [0.05, 0.1) is 20.3 Å². The van der Waals surface area contributed by atoms with Crippen molar-refractivity contribution in [2.24, 2.45) is 0 Å². The fourth-order valence-electron chi connectivity index (χ4n) is 2.77. The Balaban J connectivity index is 1.79. The number of rotatable bonds is 6. The van der Waals surface area contributed by atoms with E-state index in [4.69, 9.17) is 14.2 Å². The minimum absolute atomic E-state index is 0.0365. The molecule has 0 spiro atoms. The molecule has 0 aromatic heterocycles. The zero-order valence-electron chi connectivity index (χ0n) is 13.5. The van der Waals surface area contributed by atoms with Gasteiger partial charge in [-0.25, -0.2) is 0 Å². The molecule has 2 aromatic carbocycles. The zero-order valence-corrected chi connectivity index (χ0v) is 13.5. The Bertz CT molecular complexity index is 597. The molecule has 0 amide bonds. The second-order valence-electron chi connectivity index (χ2n) is 5.58. The van der Waals surface area contributed by atoms with E-state index < -0.39 is 0 Å². The Morgan fingerprint density at radius 2 is 1.61 bits per heavy atom. The maximum absolute atomic E-state index is 6.32. The fraction of sp³-hybridized carbons (Fsp3) is 0.368. The smallest absolute Gasteiger partial charge is 0.162 e. The summed E-state index contributed by atoms with van der Waals surface area (Å²) in [4.78, 5) is 2.39. The summed E-state index contributed by atoms with van der Waals surface area (Å²) >= 11 is 0. The lowest BCUT2D eigenvalue weighted by Gasteiger charge is -2.31. The molecular formula is C19H23NO3. The quantitative estimate of drug-likeness (QED) is 0.820. The minimum Gasteiger partial charge on any atom is -0.493 e. The van der Waals surface area contributed by atoms with Gasteiger partial charge in [0.2, 0.25) is 0 Å². The van der Waals surface area contributed by atoms with Gasteiger partial charge in [-0.1, -0.05) is 42.5 Å². The van der Waals surface area contributed by atoms with Crippen LogP contribution in [0.25, 0.3) is 0 Å². The van der Waals surface area contributed by atoms with Gasteiger partial charge in [-0.05, 0) is 17.7 Å². The second kappa shape index (κ2) is 7.99. The van der Waals surface area contributed by atoms with Gasteiger partial charge in [0.1, 0.15) is 6.10 Å². The highest BCUT2D eigenvalue weighted by Gasteiger charge is 2.21. The summed E-state index contributed by atoms with van der Waals surface area (Å²) < 4.78 is 17.2. The molecule has 23 heavy (non-hydrogen) atoms. The highest BCUT2D eigenvalue weighted by Crippen LogP contribution is 2.31. The Morgan fingerprint density at radius 3 is 2.30 bits per heavy atom.